The van der Waals surface area contributed by atoms with E-state index in [4.69, 9.17) is 0 Å². The van der Waals surface area contributed by atoms with Gasteiger partial charge in [-0.25, -0.2) is 0 Å². The fraction of sp³-hybridized carbons (Fsp3) is 0.778. The van der Waals surface area contributed by atoms with E-state index >= 15 is 0 Å². The molecule has 0 fully saturated rings. The molecule has 0 heterocycles. The molecule has 0 saturated heterocycles. The van der Waals surface area contributed by atoms with Crippen LogP contribution in [0, 0.1) is 18.3 Å². The van der Waals surface area contributed by atoms with E-state index in [2.05, 4.69) is 11.7 Å². The third-order valence-electron chi connectivity index (χ3n) is 2.03. The van der Waals surface area contributed by atoms with Crippen molar-refractivity contribution < 1.29 is 108 Å². The summed E-state index contributed by atoms with van der Waals surface area (Å²) in [6.45, 7) is 9.98. The van der Waals surface area contributed by atoms with Crippen LogP contribution in [0.1, 0.15) is 27.2 Å². The molecule has 0 bridgehead atoms. The summed E-state index contributed by atoms with van der Waals surface area (Å²) in [6, 6.07) is 0. The molecule has 0 aliphatic carbocycles. The van der Waals surface area contributed by atoms with E-state index in [0.29, 0.717) is 6.42 Å². The molecular formula is C9H17O2Y3-. The monoisotopic (exact) mass is 424 g/mol. The number of carbonyl (C=O) groups excluding carboxylic acids is 1. The van der Waals surface area contributed by atoms with Crippen molar-refractivity contribution in [3.63, 3.8) is 0 Å². The average Bonchev–Trinajstić information content (AvgIpc) is 1.85. The van der Waals surface area contributed by atoms with Gasteiger partial charge in [0, 0.05) is 105 Å². The van der Waals surface area contributed by atoms with Gasteiger partial charge in [0.25, 0.3) is 0 Å². The number of hydrogen-bond donors (Lipinski definition) is 0. The first-order valence-electron chi connectivity index (χ1n) is 3.80. The van der Waals surface area contributed by atoms with Crippen molar-refractivity contribution in [2.75, 3.05) is 7.11 Å². The Labute approximate surface area is 163 Å². The van der Waals surface area contributed by atoms with Crippen molar-refractivity contribution in [3.8, 4) is 0 Å². The Kier molecular flexibility index (Phi) is 22.4. The average molecular weight is 424 g/mol. The molecule has 0 aliphatic heterocycles. The van der Waals surface area contributed by atoms with Gasteiger partial charge in [-0.2, -0.15) is 5.41 Å². The Morgan fingerprint density at radius 2 is 1.71 bits per heavy atom. The van der Waals surface area contributed by atoms with Crippen LogP contribution in [0.2, 0.25) is 0 Å². The molecule has 0 aromatic carbocycles. The number of ether oxygens (including phenoxy) is 1. The van der Waals surface area contributed by atoms with Gasteiger partial charge < -0.3 is 11.7 Å². The van der Waals surface area contributed by atoms with Crippen LogP contribution in [-0.2, 0) is 108 Å². The maximum Gasteiger partial charge on any atom is 0.305 e. The van der Waals surface area contributed by atoms with Crippen LogP contribution in [0.4, 0.5) is 0 Å². The van der Waals surface area contributed by atoms with Crippen molar-refractivity contribution in [1.82, 2.24) is 0 Å². The zero-order valence-corrected chi connectivity index (χ0v) is 18.1. The van der Waals surface area contributed by atoms with Crippen molar-refractivity contribution in [2.45, 2.75) is 27.2 Å². The molecule has 0 N–H and O–H groups in total. The van der Waals surface area contributed by atoms with Crippen molar-refractivity contribution in [1.29, 1.82) is 0 Å². The predicted molar refractivity (Wildman–Crippen MR) is 44.9 cm³/mol. The molecule has 14 heavy (non-hydrogen) atoms. The Morgan fingerprint density at radius 1 is 1.36 bits per heavy atom. The summed E-state index contributed by atoms with van der Waals surface area (Å²) in [5.41, 5.74) is -0.0613. The van der Waals surface area contributed by atoms with E-state index in [1.165, 1.54) is 7.11 Å². The Bertz CT molecular complexity index is 143. The number of rotatable bonds is 3. The first-order chi connectivity index (χ1) is 4.88. The molecule has 1 unspecified atom stereocenters. The third kappa shape index (κ3) is 12.8. The normalized spacial score (nSPS) is 11.2. The van der Waals surface area contributed by atoms with E-state index in [1.54, 1.807) is 0 Å². The fourth-order valence-electron chi connectivity index (χ4n) is 0.610. The fourth-order valence-corrected chi connectivity index (χ4v) is 0.610. The van der Waals surface area contributed by atoms with E-state index in [9.17, 15) is 4.79 Å². The van der Waals surface area contributed by atoms with Crippen LogP contribution >= 0.6 is 0 Å². The molecule has 0 saturated carbocycles. The molecule has 75 valence electrons. The molecule has 0 rings (SSSR count). The third-order valence-corrected chi connectivity index (χ3v) is 2.03. The maximum absolute atomic E-state index is 10.8. The maximum atomic E-state index is 10.8. The molecular weight excluding hydrogens is 407 g/mol. The first kappa shape index (κ1) is 25.6. The molecule has 2 nitrogen and oxygen atoms in total. The largest absolute Gasteiger partial charge is 0.469 e. The van der Waals surface area contributed by atoms with Crippen LogP contribution < -0.4 is 0 Å². The van der Waals surface area contributed by atoms with Gasteiger partial charge in [-0.05, 0) is 0 Å². The first-order valence-corrected chi connectivity index (χ1v) is 3.80. The Morgan fingerprint density at radius 3 is 1.93 bits per heavy atom. The smallest absolute Gasteiger partial charge is 0.305 e. The molecule has 0 amide bonds. The summed E-state index contributed by atoms with van der Waals surface area (Å²) in [5.74, 6) is 0.101. The molecule has 0 aromatic rings. The van der Waals surface area contributed by atoms with Crippen molar-refractivity contribution in [2.24, 2.45) is 11.3 Å². The van der Waals surface area contributed by atoms with E-state index in [-0.39, 0.29) is 115 Å². The zero-order chi connectivity index (χ0) is 9.07. The van der Waals surface area contributed by atoms with Crippen LogP contribution in [0.5, 0.6) is 0 Å². The number of carbonyl (C=O) groups is 1. The standard InChI is InChI=1S/C9H17O2.3Y/c1-7(9(2,3)4)6-8(10)11-5;;;/h7H,2,6H2,1,3-5H3;;;/q-1;;;. The van der Waals surface area contributed by atoms with Crippen molar-refractivity contribution in [3.05, 3.63) is 6.92 Å². The van der Waals surface area contributed by atoms with Gasteiger partial charge in [0.2, 0.25) is 0 Å². The molecule has 3 radical (unpaired) electrons. The minimum atomic E-state index is -0.158. The summed E-state index contributed by atoms with van der Waals surface area (Å²) < 4.78 is 4.55. The minimum Gasteiger partial charge on any atom is -0.469 e. The summed E-state index contributed by atoms with van der Waals surface area (Å²) >= 11 is 0. The van der Waals surface area contributed by atoms with Gasteiger partial charge in [-0.15, -0.1) is 0 Å². The van der Waals surface area contributed by atoms with Gasteiger partial charge in [-0.1, -0.05) is 26.7 Å². The second-order valence-corrected chi connectivity index (χ2v) is 3.67. The van der Waals surface area contributed by atoms with Gasteiger partial charge in [0.05, 0.1) is 7.11 Å². The van der Waals surface area contributed by atoms with Crippen LogP contribution in [-0.4, -0.2) is 13.1 Å². The number of hydrogen-bond acceptors (Lipinski definition) is 2. The predicted octanol–water partition coefficient (Wildman–Crippen LogP) is 2.04. The minimum absolute atomic E-state index is 0. The van der Waals surface area contributed by atoms with Gasteiger partial charge in [0.15, 0.2) is 0 Å². The van der Waals surface area contributed by atoms with Gasteiger partial charge in [-0.3, -0.25) is 4.79 Å². The van der Waals surface area contributed by atoms with E-state index < -0.39 is 0 Å². The second kappa shape index (κ2) is 12.2. The van der Waals surface area contributed by atoms with Gasteiger partial charge >= 0.3 is 5.97 Å². The SMILES string of the molecule is [CH2-]C(C)(C)C(C)CC(=O)OC.[Y].[Y].[Y]. The zero-order valence-electron chi connectivity index (χ0n) is 9.54. The summed E-state index contributed by atoms with van der Waals surface area (Å²) in [5, 5.41) is 0. The van der Waals surface area contributed by atoms with Crippen molar-refractivity contribution >= 4 is 5.97 Å². The Balaban J connectivity index is -0.000000167. The summed E-state index contributed by atoms with van der Waals surface area (Å²) in [7, 11) is 1.41. The van der Waals surface area contributed by atoms with Gasteiger partial charge in [0.1, 0.15) is 0 Å². The van der Waals surface area contributed by atoms with Crippen LogP contribution in [0.3, 0.4) is 0 Å². The van der Waals surface area contributed by atoms with E-state index in [0.717, 1.165) is 0 Å². The summed E-state index contributed by atoms with van der Waals surface area (Å²) in [6.07, 6.45) is 0.451. The Hall–Kier alpha value is 2.78. The topological polar surface area (TPSA) is 26.3 Å². The molecule has 0 spiro atoms. The van der Waals surface area contributed by atoms with E-state index in [1.807, 2.05) is 20.8 Å². The summed E-state index contributed by atoms with van der Waals surface area (Å²) in [4.78, 5) is 10.8. The molecule has 1 atom stereocenters. The second-order valence-electron chi connectivity index (χ2n) is 3.67. The van der Waals surface area contributed by atoms with Crippen LogP contribution in [0.15, 0.2) is 0 Å². The molecule has 0 aromatic heterocycles. The van der Waals surface area contributed by atoms with Crippen LogP contribution in [0.25, 0.3) is 0 Å². The molecule has 5 heteroatoms. The number of methoxy groups -OCH3 is 1. The number of esters is 1. The molecule has 0 aliphatic rings. The quantitative estimate of drug-likeness (QED) is 0.513.